The van der Waals surface area contributed by atoms with Crippen LogP contribution in [0.1, 0.15) is 33.6 Å². The van der Waals surface area contributed by atoms with Gasteiger partial charge >= 0.3 is 0 Å². The molecule has 2 amide bonds. The number of fused-ring (bicyclic) bond motifs is 1. The number of anilines is 2. The first-order valence-corrected chi connectivity index (χ1v) is 5.71. The van der Waals surface area contributed by atoms with Gasteiger partial charge in [0.25, 0.3) is 11.8 Å². The second kappa shape index (κ2) is 3.48. The van der Waals surface area contributed by atoms with Gasteiger partial charge in [-0.15, -0.1) is 0 Å². The molecule has 5 heteroatoms. The van der Waals surface area contributed by atoms with E-state index in [2.05, 4.69) is 10.2 Å². The van der Waals surface area contributed by atoms with Crippen LogP contribution in [0.4, 0.5) is 11.4 Å². The van der Waals surface area contributed by atoms with Crippen molar-refractivity contribution in [3.63, 3.8) is 0 Å². The van der Waals surface area contributed by atoms with Crippen molar-refractivity contribution >= 4 is 23.2 Å². The first-order valence-electron chi connectivity index (χ1n) is 5.71. The van der Waals surface area contributed by atoms with Gasteiger partial charge < -0.3 is 10.6 Å². The van der Waals surface area contributed by atoms with E-state index >= 15 is 0 Å². The van der Waals surface area contributed by atoms with E-state index in [4.69, 9.17) is 5.73 Å². The van der Waals surface area contributed by atoms with Gasteiger partial charge in [-0.25, -0.2) is 0 Å². The summed E-state index contributed by atoms with van der Waals surface area (Å²) in [7, 11) is 0. The smallest absolute Gasteiger partial charge is 0.261 e. The molecule has 88 valence electrons. The summed E-state index contributed by atoms with van der Waals surface area (Å²) in [4.78, 5) is 25.3. The summed E-state index contributed by atoms with van der Waals surface area (Å²) in [6.45, 7) is 1.96. The molecule has 0 aliphatic carbocycles. The molecule has 2 aliphatic heterocycles. The van der Waals surface area contributed by atoms with E-state index in [9.17, 15) is 9.59 Å². The Bertz CT molecular complexity index is 519. The zero-order valence-electron chi connectivity index (χ0n) is 9.32. The molecule has 2 aliphatic rings. The molecular weight excluding hydrogens is 218 g/mol. The van der Waals surface area contributed by atoms with E-state index < -0.39 is 5.91 Å². The number of carbonyl (C=O) groups is 2. The van der Waals surface area contributed by atoms with Gasteiger partial charge in [-0.1, -0.05) is 0 Å². The van der Waals surface area contributed by atoms with Crippen molar-refractivity contribution < 1.29 is 9.59 Å². The Morgan fingerprint density at radius 2 is 1.82 bits per heavy atom. The molecule has 0 unspecified atom stereocenters. The predicted molar refractivity (Wildman–Crippen MR) is 64.1 cm³/mol. The Morgan fingerprint density at radius 1 is 1.12 bits per heavy atom. The monoisotopic (exact) mass is 231 g/mol. The van der Waals surface area contributed by atoms with Crippen molar-refractivity contribution in [1.82, 2.24) is 5.32 Å². The fourth-order valence-corrected chi connectivity index (χ4v) is 2.47. The van der Waals surface area contributed by atoms with Crippen LogP contribution < -0.4 is 16.0 Å². The van der Waals surface area contributed by atoms with E-state index in [1.807, 2.05) is 0 Å². The molecule has 5 nitrogen and oxygen atoms in total. The maximum Gasteiger partial charge on any atom is 0.261 e. The molecule has 3 rings (SSSR count). The number of nitrogens with two attached hydrogens (primary N) is 1. The Labute approximate surface area is 98.6 Å². The molecule has 0 bridgehead atoms. The number of hydrogen-bond donors (Lipinski definition) is 2. The van der Waals surface area contributed by atoms with Crippen LogP contribution in [0, 0.1) is 0 Å². The SMILES string of the molecule is Nc1cc(N2CCCC2)cc2c1C(=O)NC2=O. The van der Waals surface area contributed by atoms with Crippen LogP contribution in [-0.2, 0) is 0 Å². The molecule has 17 heavy (non-hydrogen) atoms. The average Bonchev–Trinajstić information content (AvgIpc) is 2.88. The number of imide groups is 1. The van der Waals surface area contributed by atoms with Gasteiger partial charge in [-0.05, 0) is 25.0 Å². The van der Waals surface area contributed by atoms with E-state index in [1.54, 1.807) is 12.1 Å². The maximum atomic E-state index is 11.6. The van der Waals surface area contributed by atoms with Crippen LogP contribution in [0.2, 0.25) is 0 Å². The van der Waals surface area contributed by atoms with Gasteiger partial charge in [0.2, 0.25) is 0 Å². The predicted octanol–water partition coefficient (Wildman–Crippen LogP) is 0.753. The highest BCUT2D eigenvalue weighted by Gasteiger charge is 2.30. The van der Waals surface area contributed by atoms with Crippen molar-refractivity contribution in [2.45, 2.75) is 12.8 Å². The molecule has 3 N–H and O–H groups in total. The second-order valence-corrected chi connectivity index (χ2v) is 4.43. The third-order valence-corrected chi connectivity index (χ3v) is 3.32. The minimum absolute atomic E-state index is 0.318. The summed E-state index contributed by atoms with van der Waals surface area (Å²) in [6.07, 6.45) is 2.31. The van der Waals surface area contributed by atoms with E-state index in [1.165, 1.54) is 0 Å². The summed E-state index contributed by atoms with van der Waals surface area (Å²) >= 11 is 0. The van der Waals surface area contributed by atoms with Crippen molar-refractivity contribution in [3.8, 4) is 0 Å². The number of nitrogens with zero attached hydrogens (tertiary/aromatic N) is 1. The van der Waals surface area contributed by atoms with E-state index in [0.717, 1.165) is 31.6 Å². The van der Waals surface area contributed by atoms with Crippen molar-refractivity contribution in [1.29, 1.82) is 0 Å². The molecule has 1 fully saturated rings. The minimum atomic E-state index is -0.393. The van der Waals surface area contributed by atoms with Gasteiger partial charge in [0.1, 0.15) is 0 Å². The van der Waals surface area contributed by atoms with Crippen molar-refractivity contribution in [3.05, 3.63) is 23.3 Å². The molecule has 0 atom stereocenters. The normalized spacial score (nSPS) is 18.5. The number of nitrogen functional groups attached to an aromatic ring is 1. The van der Waals surface area contributed by atoms with Crippen LogP contribution in [-0.4, -0.2) is 24.9 Å². The number of hydrogen-bond acceptors (Lipinski definition) is 4. The zero-order valence-corrected chi connectivity index (χ0v) is 9.32. The highest BCUT2D eigenvalue weighted by Crippen LogP contribution is 2.30. The molecule has 1 aromatic carbocycles. The number of nitrogens with one attached hydrogen (secondary N) is 1. The quantitative estimate of drug-likeness (QED) is 0.552. The molecule has 0 saturated carbocycles. The molecule has 0 spiro atoms. The number of benzene rings is 1. The fourth-order valence-electron chi connectivity index (χ4n) is 2.47. The molecule has 1 aromatic rings. The van der Waals surface area contributed by atoms with Crippen LogP contribution >= 0.6 is 0 Å². The zero-order chi connectivity index (χ0) is 12.0. The highest BCUT2D eigenvalue weighted by molar-refractivity contribution is 6.24. The van der Waals surface area contributed by atoms with Crippen LogP contribution in [0.15, 0.2) is 12.1 Å². The lowest BCUT2D eigenvalue weighted by Gasteiger charge is -2.18. The first kappa shape index (κ1) is 10.1. The Hall–Kier alpha value is -2.04. The summed E-state index contributed by atoms with van der Waals surface area (Å²) < 4.78 is 0. The van der Waals surface area contributed by atoms with Gasteiger partial charge in [0.15, 0.2) is 0 Å². The molecule has 0 aromatic heterocycles. The Balaban J connectivity index is 2.10. The van der Waals surface area contributed by atoms with Gasteiger partial charge in [-0.3, -0.25) is 14.9 Å². The van der Waals surface area contributed by atoms with E-state index in [0.29, 0.717) is 16.8 Å². The average molecular weight is 231 g/mol. The number of rotatable bonds is 1. The van der Waals surface area contributed by atoms with E-state index in [-0.39, 0.29) is 5.91 Å². The lowest BCUT2D eigenvalue weighted by atomic mass is 10.1. The lowest BCUT2D eigenvalue weighted by molar-refractivity contribution is 0.0880. The third kappa shape index (κ3) is 1.46. The number of carbonyl (C=O) groups excluding carboxylic acids is 2. The topological polar surface area (TPSA) is 75.4 Å². The largest absolute Gasteiger partial charge is 0.398 e. The number of amides is 2. The summed E-state index contributed by atoms with van der Waals surface area (Å²) in [5.74, 6) is -0.742. The molecule has 2 heterocycles. The van der Waals surface area contributed by atoms with Gasteiger partial charge in [0, 0.05) is 24.5 Å². The van der Waals surface area contributed by atoms with Crippen molar-refractivity contribution in [2.24, 2.45) is 0 Å². The van der Waals surface area contributed by atoms with Crippen LogP contribution in [0.25, 0.3) is 0 Å². The summed E-state index contributed by atoms with van der Waals surface area (Å²) in [6, 6.07) is 3.54. The van der Waals surface area contributed by atoms with Crippen LogP contribution in [0.5, 0.6) is 0 Å². The van der Waals surface area contributed by atoms with Crippen LogP contribution in [0.3, 0.4) is 0 Å². The fraction of sp³-hybridized carbons (Fsp3) is 0.333. The lowest BCUT2D eigenvalue weighted by Crippen LogP contribution is -2.20. The highest BCUT2D eigenvalue weighted by atomic mass is 16.2. The first-order chi connectivity index (χ1) is 8.16. The third-order valence-electron chi connectivity index (χ3n) is 3.32. The Kier molecular flexibility index (Phi) is 2.07. The molecule has 0 radical (unpaired) electrons. The van der Waals surface area contributed by atoms with Crippen molar-refractivity contribution in [2.75, 3.05) is 23.7 Å². The summed E-state index contributed by atoms with van der Waals surface area (Å²) in [5.41, 5.74) is 7.89. The van der Waals surface area contributed by atoms with Gasteiger partial charge in [-0.2, -0.15) is 0 Å². The maximum absolute atomic E-state index is 11.6. The van der Waals surface area contributed by atoms with Gasteiger partial charge in [0.05, 0.1) is 11.1 Å². The molecular formula is C12H13N3O2. The standard InChI is InChI=1S/C12H13N3O2/c13-9-6-7(15-3-1-2-4-15)5-8-10(9)12(17)14-11(8)16/h5-6H,1-4,13H2,(H,14,16,17). The minimum Gasteiger partial charge on any atom is -0.398 e. The molecule has 1 saturated heterocycles. The second-order valence-electron chi connectivity index (χ2n) is 4.43. The summed E-state index contributed by atoms with van der Waals surface area (Å²) in [5, 5.41) is 2.26. The Morgan fingerprint density at radius 3 is 2.53 bits per heavy atom.